The van der Waals surface area contributed by atoms with Crippen molar-refractivity contribution in [2.75, 3.05) is 38.7 Å². The molecule has 1 aromatic heterocycles. The van der Waals surface area contributed by atoms with Gasteiger partial charge in [0.25, 0.3) is 5.91 Å². The fourth-order valence-electron chi connectivity index (χ4n) is 3.83. The van der Waals surface area contributed by atoms with Crippen molar-refractivity contribution < 1.29 is 24.5 Å². The van der Waals surface area contributed by atoms with Crippen molar-refractivity contribution in [3.05, 3.63) is 59.8 Å². The van der Waals surface area contributed by atoms with Crippen molar-refractivity contribution in [1.29, 1.82) is 0 Å². The van der Waals surface area contributed by atoms with Gasteiger partial charge in [0.1, 0.15) is 11.5 Å². The quantitative estimate of drug-likeness (QED) is 0.457. The molecule has 3 N–H and O–H groups in total. The second-order valence-electron chi connectivity index (χ2n) is 7.30. The van der Waals surface area contributed by atoms with Gasteiger partial charge in [-0.05, 0) is 18.2 Å². The van der Waals surface area contributed by atoms with Crippen LogP contribution in [0.1, 0.15) is 0 Å². The summed E-state index contributed by atoms with van der Waals surface area (Å²) in [7, 11) is 1.26. The van der Waals surface area contributed by atoms with E-state index in [-0.39, 0.29) is 43.5 Å². The number of amides is 1. The Hall–Kier alpha value is -3.69. The number of benzene rings is 2. The monoisotopic (exact) mass is 436 g/mol. The van der Waals surface area contributed by atoms with Gasteiger partial charge in [-0.2, -0.15) is 0 Å². The summed E-state index contributed by atoms with van der Waals surface area (Å²) >= 11 is 0. The van der Waals surface area contributed by atoms with E-state index in [0.29, 0.717) is 17.7 Å². The SMILES string of the molecule is COC(=O)C1=C(Nc2ccc3c(c2)nc(-c2ccccc2)n3CCO)C(=O)N(CCO)C1. The van der Waals surface area contributed by atoms with Crippen LogP contribution in [-0.4, -0.2) is 70.0 Å². The Bertz CT molecular complexity index is 1190. The smallest absolute Gasteiger partial charge is 0.337 e. The second-order valence-corrected chi connectivity index (χ2v) is 7.30. The van der Waals surface area contributed by atoms with Crippen LogP contribution >= 0.6 is 0 Å². The summed E-state index contributed by atoms with van der Waals surface area (Å²) in [5.41, 5.74) is 3.37. The first-order valence-corrected chi connectivity index (χ1v) is 10.2. The molecule has 0 spiro atoms. The van der Waals surface area contributed by atoms with E-state index >= 15 is 0 Å². The Balaban J connectivity index is 1.72. The van der Waals surface area contributed by atoms with Crippen LogP contribution in [0.3, 0.4) is 0 Å². The molecule has 0 fully saturated rings. The van der Waals surface area contributed by atoms with Gasteiger partial charge < -0.3 is 29.7 Å². The molecule has 0 saturated heterocycles. The molecule has 2 aromatic carbocycles. The number of carbonyl (C=O) groups is 2. The predicted molar refractivity (Wildman–Crippen MR) is 119 cm³/mol. The third kappa shape index (κ3) is 3.95. The number of esters is 1. The lowest BCUT2D eigenvalue weighted by atomic mass is 10.2. The van der Waals surface area contributed by atoms with Crippen molar-refractivity contribution in [3.63, 3.8) is 0 Å². The van der Waals surface area contributed by atoms with E-state index in [0.717, 1.165) is 16.9 Å². The standard InChI is InChI=1S/C23H24N4O5/c1-32-23(31)17-14-26(9-11-28)22(30)20(17)24-16-7-8-19-18(13-16)25-21(27(19)10-12-29)15-5-3-2-4-6-15/h2-8,13,24,28-29H,9-12,14H2,1H3. The molecule has 0 saturated carbocycles. The zero-order chi connectivity index (χ0) is 22.7. The highest BCUT2D eigenvalue weighted by Crippen LogP contribution is 2.28. The van der Waals surface area contributed by atoms with Crippen molar-refractivity contribution in [1.82, 2.24) is 14.5 Å². The highest BCUT2D eigenvalue weighted by molar-refractivity contribution is 6.08. The summed E-state index contributed by atoms with van der Waals surface area (Å²) in [5, 5.41) is 21.8. The van der Waals surface area contributed by atoms with Crippen LogP contribution in [0.5, 0.6) is 0 Å². The highest BCUT2D eigenvalue weighted by Gasteiger charge is 2.34. The molecule has 32 heavy (non-hydrogen) atoms. The number of imidazole rings is 1. The molecule has 2 heterocycles. The number of nitrogens with one attached hydrogen (secondary N) is 1. The number of β-amino-alcohol motifs (C(OH)–C–C–N with tert-alkyl or cyclic N) is 1. The molecule has 0 unspecified atom stereocenters. The van der Waals surface area contributed by atoms with Crippen LogP contribution < -0.4 is 5.32 Å². The van der Waals surface area contributed by atoms with Crippen LogP contribution in [0.4, 0.5) is 5.69 Å². The topological polar surface area (TPSA) is 117 Å². The Morgan fingerprint density at radius 3 is 2.56 bits per heavy atom. The lowest BCUT2D eigenvalue weighted by molar-refractivity contribution is -0.136. The largest absolute Gasteiger partial charge is 0.466 e. The number of hydrogen-bond donors (Lipinski definition) is 3. The molecule has 9 heteroatoms. The van der Waals surface area contributed by atoms with E-state index in [4.69, 9.17) is 9.72 Å². The number of hydrogen-bond acceptors (Lipinski definition) is 7. The number of aliphatic hydroxyl groups excluding tert-OH is 2. The molecule has 0 atom stereocenters. The molecule has 1 aliphatic rings. The van der Waals surface area contributed by atoms with Gasteiger partial charge in [0.15, 0.2) is 0 Å². The van der Waals surface area contributed by atoms with E-state index in [2.05, 4.69) is 5.32 Å². The average molecular weight is 436 g/mol. The first-order chi connectivity index (χ1) is 15.6. The molecule has 0 bridgehead atoms. The summed E-state index contributed by atoms with van der Waals surface area (Å²) in [6, 6.07) is 15.1. The molecule has 1 aliphatic heterocycles. The lowest BCUT2D eigenvalue weighted by Gasteiger charge is -2.15. The van der Waals surface area contributed by atoms with Gasteiger partial charge in [0.2, 0.25) is 0 Å². The highest BCUT2D eigenvalue weighted by atomic mass is 16.5. The minimum atomic E-state index is -0.596. The number of nitrogens with zero attached hydrogens (tertiary/aromatic N) is 3. The molecule has 3 aromatic rings. The Labute approximate surface area is 184 Å². The summed E-state index contributed by atoms with van der Waals surface area (Å²) in [6.45, 7) is 0.342. The van der Waals surface area contributed by atoms with Gasteiger partial charge in [0.05, 0.1) is 43.5 Å². The Morgan fingerprint density at radius 1 is 1.12 bits per heavy atom. The van der Waals surface area contributed by atoms with Gasteiger partial charge in [-0.3, -0.25) is 4.79 Å². The van der Waals surface area contributed by atoms with E-state index in [1.807, 2.05) is 41.0 Å². The summed E-state index contributed by atoms with van der Waals surface area (Å²) in [4.78, 5) is 31.1. The van der Waals surface area contributed by atoms with Crippen molar-refractivity contribution in [2.45, 2.75) is 6.54 Å². The number of anilines is 1. The summed E-state index contributed by atoms with van der Waals surface area (Å²) < 4.78 is 6.77. The number of carbonyl (C=O) groups excluding carboxylic acids is 2. The van der Waals surface area contributed by atoms with Crippen LogP contribution in [0.25, 0.3) is 22.4 Å². The van der Waals surface area contributed by atoms with Crippen LogP contribution in [0.2, 0.25) is 0 Å². The maximum absolute atomic E-state index is 12.8. The minimum absolute atomic E-state index is 0.0319. The van der Waals surface area contributed by atoms with Crippen LogP contribution in [0.15, 0.2) is 59.8 Å². The number of aliphatic hydroxyl groups is 2. The fraction of sp³-hybridized carbons (Fsp3) is 0.261. The number of fused-ring (bicyclic) bond motifs is 1. The van der Waals surface area contributed by atoms with Crippen molar-refractivity contribution in [2.24, 2.45) is 0 Å². The van der Waals surface area contributed by atoms with Crippen LogP contribution in [-0.2, 0) is 20.9 Å². The third-order valence-electron chi connectivity index (χ3n) is 5.33. The maximum atomic E-state index is 12.8. The van der Waals surface area contributed by atoms with Gasteiger partial charge in [0, 0.05) is 24.3 Å². The molecule has 4 rings (SSSR count). The zero-order valence-corrected chi connectivity index (χ0v) is 17.6. The maximum Gasteiger partial charge on any atom is 0.337 e. The predicted octanol–water partition coefficient (Wildman–Crippen LogP) is 1.37. The normalized spacial score (nSPS) is 13.8. The van der Waals surface area contributed by atoms with Crippen molar-refractivity contribution >= 4 is 28.6 Å². The number of aromatic nitrogens is 2. The Kier molecular flexibility index (Phi) is 6.20. The van der Waals surface area contributed by atoms with Crippen LogP contribution in [0, 0.1) is 0 Å². The zero-order valence-electron chi connectivity index (χ0n) is 17.6. The molecule has 0 radical (unpaired) electrons. The molecular weight excluding hydrogens is 412 g/mol. The molecule has 9 nitrogen and oxygen atoms in total. The summed E-state index contributed by atoms with van der Waals surface area (Å²) in [5.74, 6) is -0.247. The number of ether oxygens (including phenoxy) is 1. The van der Waals surface area contributed by atoms with Gasteiger partial charge in [-0.15, -0.1) is 0 Å². The first kappa shape index (κ1) is 21.5. The Morgan fingerprint density at radius 2 is 1.88 bits per heavy atom. The van der Waals surface area contributed by atoms with Gasteiger partial charge >= 0.3 is 5.97 Å². The second kappa shape index (κ2) is 9.21. The van der Waals surface area contributed by atoms with E-state index in [9.17, 15) is 19.8 Å². The number of methoxy groups -OCH3 is 1. The average Bonchev–Trinajstić information content (AvgIpc) is 3.32. The van der Waals surface area contributed by atoms with E-state index < -0.39 is 5.97 Å². The minimum Gasteiger partial charge on any atom is -0.466 e. The molecule has 1 amide bonds. The lowest BCUT2D eigenvalue weighted by Crippen LogP contribution is -2.31. The van der Waals surface area contributed by atoms with Gasteiger partial charge in [-0.25, -0.2) is 9.78 Å². The van der Waals surface area contributed by atoms with Crippen molar-refractivity contribution in [3.8, 4) is 11.4 Å². The summed E-state index contributed by atoms with van der Waals surface area (Å²) in [6.07, 6.45) is 0. The molecular formula is C23H24N4O5. The third-order valence-corrected chi connectivity index (χ3v) is 5.33. The molecule has 166 valence electrons. The fourth-order valence-corrected chi connectivity index (χ4v) is 3.83. The van der Waals surface area contributed by atoms with E-state index in [1.54, 1.807) is 12.1 Å². The van der Waals surface area contributed by atoms with E-state index in [1.165, 1.54) is 12.0 Å². The van der Waals surface area contributed by atoms with Gasteiger partial charge in [-0.1, -0.05) is 30.3 Å². The first-order valence-electron chi connectivity index (χ1n) is 10.2. The molecule has 0 aliphatic carbocycles. The number of rotatable bonds is 8.